The summed E-state index contributed by atoms with van der Waals surface area (Å²) in [6, 6.07) is 5.10. The maximum Gasteiger partial charge on any atom is 0.244 e. The molecule has 2 N–H and O–H groups in total. The van der Waals surface area contributed by atoms with E-state index >= 15 is 0 Å². The van der Waals surface area contributed by atoms with Crippen LogP contribution in [0.15, 0.2) is 23.1 Å². The molecule has 1 saturated heterocycles. The largest absolute Gasteiger partial charge is 0.396 e. The lowest BCUT2D eigenvalue weighted by Gasteiger charge is -2.30. The van der Waals surface area contributed by atoms with Crippen molar-refractivity contribution in [3.8, 4) is 0 Å². The first-order valence-corrected chi connectivity index (χ1v) is 7.52. The smallest absolute Gasteiger partial charge is 0.244 e. The van der Waals surface area contributed by atoms with Gasteiger partial charge in [0.25, 0.3) is 0 Å². The van der Waals surface area contributed by atoms with Crippen molar-refractivity contribution < 1.29 is 13.2 Å². The second-order valence-electron chi connectivity index (χ2n) is 4.58. The lowest BCUT2D eigenvalue weighted by Crippen LogP contribution is -2.37. The van der Waals surface area contributed by atoms with Gasteiger partial charge in [-0.05, 0) is 12.1 Å². The van der Waals surface area contributed by atoms with E-state index < -0.39 is 10.0 Å². The molecule has 0 amide bonds. The molecule has 1 aliphatic rings. The number of nitrogen functional groups attached to an aromatic ring is 1. The molecule has 19 heavy (non-hydrogen) atoms. The first kappa shape index (κ1) is 14.1. The van der Waals surface area contributed by atoms with Crippen molar-refractivity contribution in [2.45, 2.75) is 4.90 Å². The number of ether oxygens (including phenoxy) is 1. The maximum atomic E-state index is 12.2. The van der Waals surface area contributed by atoms with E-state index in [2.05, 4.69) is 0 Å². The zero-order valence-corrected chi connectivity index (χ0v) is 12.0. The Morgan fingerprint density at radius 1 is 1.26 bits per heavy atom. The number of anilines is 2. The highest BCUT2D eigenvalue weighted by molar-refractivity contribution is 7.89. The van der Waals surface area contributed by atoms with E-state index in [0.29, 0.717) is 18.9 Å². The lowest BCUT2D eigenvalue weighted by atomic mass is 10.2. The Morgan fingerprint density at radius 2 is 1.89 bits per heavy atom. The average Bonchev–Trinajstić information content (AvgIpc) is 2.39. The Balaban J connectivity index is 2.43. The quantitative estimate of drug-likeness (QED) is 0.811. The van der Waals surface area contributed by atoms with Gasteiger partial charge in [0, 0.05) is 27.2 Å². The third kappa shape index (κ3) is 2.68. The predicted octanol–water partition coefficient (Wildman–Crippen LogP) is 0.356. The highest BCUT2D eigenvalue weighted by atomic mass is 32.2. The molecule has 7 heteroatoms. The fraction of sp³-hybridized carbons (Fsp3) is 0.500. The number of sulfonamides is 1. The summed E-state index contributed by atoms with van der Waals surface area (Å²) in [7, 11) is -0.526. The molecular weight excluding hydrogens is 266 g/mol. The van der Waals surface area contributed by atoms with Gasteiger partial charge in [0.05, 0.1) is 24.6 Å². The van der Waals surface area contributed by atoms with Gasteiger partial charge in [0.1, 0.15) is 4.90 Å². The molecule has 1 fully saturated rings. The van der Waals surface area contributed by atoms with E-state index in [9.17, 15) is 8.42 Å². The van der Waals surface area contributed by atoms with Crippen LogP contribution in [-0.4, -0.2) is 53.1 Å². The number of para-hydroxylation sites is 1. The Hall–Kier alpha value is -1.31. The van der Waals surface area contributed by atoms with Crippen LogP contribution in [0.4, 0.5) is 11.4 Å². The fourth-order valence-corrected chi connectivity index (χ4v) is 3.06. The van der Waals surface area contributed by atoms with Crippen molar-refractivity contribution in [3.63, 3.8) is 0 Å². The molecule has 1 aliphatic heterocycles. The minimum Gasteiger partial charge on any atom is -0.396 e. The third-order valence-electron chi connectivity index (χ3n) is 3.15. The lowest BCUT2D eigenvalue weighted by molar-refractivity contribution is 0.123. The molecule has 0 atom stereocenters. The molecular formula is C12H19N3O3S. The predicted molar refractivity (Wildman–Crippen MR) is 74.8 cm³/mol. The third-order valence-corrected chi connectivity index (χ3v) is 5.03. The van der Waals surface area contributed by atoms with Crippen LogP contribution < -0.4 is 10.6 Å². The van der Waals surface area contributed by atoms with Crippen LogP contribution >= 0.6 is 0 Å². The van der Waals surface area contributed by atoms with Gasteiger partial charge >= 0.3 is 0 Å². The number of hydrogen-bond acceptors (Lipinski definition) is 5. The molecule has 0 unspecified atom stereocenters. The van der Waals surface area contributed by atoms with Gasteiger partial charge in [-0.25, -0.2) is 12.7 Å². The number of benzene rings is 1. The number of nitrogens with zero attached hydrogens (tertiary/aromatic N) is 2. The average molecular weight is 285 g/mol. The molecule has 1 aromatic carbocycles. The van der Waals surface area contributed by atoms with Crippen LogP contribution in [0.25, 0.3) is 0 Å². The molecule has 2 rings (SSSR count). The Morgan fingerprint density at radius 3 is 2.47 bits per heavy atom. The molecule has 0 saturated carbocycles. The minimum absolute atomic E-state index is 0.154. The summed E-state index contributed by atoms with van der Waals surface area (Å²) in [6.45, 7) is 2.69. The van der Waals surface area contributed by atoms with Gasteiger partial charge in [-0.3, -0.25) is 0 Å². The Kier molecular flexibility index (Phi) is 3.98. The normalized spacial score (nSPS) is 16.9. The molecule has 0 spiro atoms. The molecule has 1 aromatic rings. The van der Waals surface area contributed by atoms with Crippen molar-refractivity contribution in [2.75, 3.05) is 51.0 Å². The van der Waals surface area contributed by atoms with Gasteiger partial charge in [0.15, 0.2) is 0 Å². The Labute approximate surface area is 113 Å². The van der Waals surface area contributed by atoms with Crippen LogP contribution in [-0.2, 0) is 14.8 Å². The van der Waals surface area contributed by atoms with E-state index in [1.165, 1.54) is 24.5 Å². The summed E-state index contributed by atoms with van der Waals surface area (Å²) >= 11 is 0. The zero-order chi connectivity index (χ0) is 14.0. The molecule has 0 aliphatic carbocycles. The highest BCUT2D eigenvalue weighted by Gasteiger charge is 2.23. The SMILES string of the molecule is CN(C)S(=O)(=O)c1cccc(N2CCOCC2)c1N. The summed E-state index contributed by atoms with van der Waals surface area (Å²) in [5.41, 5.74) is 7.11. The van der Waals surface area contributed by atoms with Crippen LogP contribution in [0.3, 0.4) is 0 Å². The monoisotopic (exact) mass is 285 g/mol. The van der Waals surface area contributed by atoms with Crippen LogP contribution in [0.2, 0.25) is 0 Å². The van der Waals surface area contributed by atoms with E-state index in [-0.39, 0.29) is 4.90 Å². The van der Waals surface area contributed by atoms with E-state index in [0.717, 1.165) is 18.8 Å². The number of hydrogen-bond donors (Lipinski definition) is 1. The van der Waals surface area contributed by atoms with Gasteiger partial charge in [-0.2, -0.15) is 0 Å². The van der Waals surface area contributed by atoms with E-state index in [1.807, 2.05) is 11.0 Å². The molecule has 1 heterocycles. The van der Waals surface area contributed by atoms with Crippen molar-refractivity contribution >= 4 is 21.4 Å². The number of morpholine rings is 1. The summed E-state index contributed by atoms with van der Waals surface area (Å²) in [6.07, 6.45) is 0. The second-order valence-corrected chi connectivity index (χ2v) is 6.70. The van der Waals surface area contributed by atoms with Crippen molar-refractivity contribution in [2.24, 2.45) is 0 Å². The van der Waals surface area contributed by atoms with Crippen LogP contribution in [0.1, 0.15) is 0 Å². The molecule has 6 nitrogen and oxygen atoms in total. The van der Waals surface area contributed by atoms with Crippen molar-refractivity contribution in [1.29, 1.82) is 0 Å². The van der Waals surface area contributed by atoms with Crippen molar-refractivity contribution in [3.05, 3.63) is 18.2 Å². The summed E-state index contributed by atoms with van der Waals surface area (Å²) in [4.78, 5) is 2.20. The van der Waals surface area contributed by atoms with Crippen LogP contribution in [0.5, 0.6) is 0 Å². The van der Waals surface area contributed by atoms with Gasteiger partial charge in [-0.1, -0.05) is 6.07 Å². The first-order valence-electron chi connectivity index (χ1n) is 6.08. The molecule has 0 bridgehead atoms. The topological polar surface area (TPSA) is 75.9 Å². The summed E-state index contributed by atoms with van der Waals surface area (Å²) < 4.78 is 30.8. The highest BCUT2D eigenvalue weighted by Crippen LogP contribution is 2.31. The van der Waals surface area contributed by atoms with Gasteiger partial charge in [-0.15, -0.1) is 0 Å². The molecule has 0 aromatic heterocycles. The van der Waals surface area contributed by atoms with Crippen LogP contribution in [0, 0.1) is 0 Å². The first-order chi connectivity index (χ1) is 8.94. The second kappa shape index (κ2) is 5.36. The standard InChI is InChI=1S/C12H19N3O3S/c1-14(2)19(16,17)11-5-3-4-10(12(11)13)15-6-8-18-9-7-15/h3-5H,6-9,13H2,1-2H3. The van der Waals surface area contributed by atoms with E-state index in [1.54, 1.807) is 6.07 Å². The number of nitrogens with two attached hydrogens (primary N) is 1. The van der Waals surface area contributed by atoms with Gasteiger partial charge in [0.2, 0.25) is 10.0 Å². The van der Waals surface area contributed by atoms with Crippen molar-refractivity contribution in [1.82, 2.24) is 4.31 Å². The number of rotatable bonds is 3. The molecule has 0 radical (unpaired) electrons. The molecule has 106 valence electrons. The fourth-order valence-electron chi connectivity index (χ4n) is 2.03. The maximum absolute atomic E-state index is 12.2. The minimum atomic E-state index is -3.52. The zero-order valence-electron chi connectivity index (χ0n) is 11.2. The summed E-state index contributed by atoms with van der Waals surface area (Å²) in [5, 5.41) is 0. The van der Waals surface area contributed by atoms with Gasteiger partial charge < -0.3 is 15.4 Å². The summed E-state index contributed by atoms with van der Waals surface area (Å²) in [5.74, 6) is 0. The Bertz CT molecular complexity index is 551. The van der Waals surface area contributed by atoms with E-state index in [4.69, 9.17) is 10.5 Å².